The van der Waals surface area contributed by atoms with Crippen molar-refractivity contribution >= 4 is 21.5 Å². The molecular formula is C7H11F2N3OS. The Labute approximate surface area is 84.1 Å². The van der Waals surface area contributed by atoms with Crippen LogP contribution < -0.4 is 11.1 Å². The van der Waals surface area contributed by atoms with Crippen molar-refractivity contribution in [2.45, 2.75) is 6.43 Å². The number of thiazole rings is 1. The van der Waals surface area contributed by atoms with Gasteiger partial charge in [0, 0.05) is 6.54 Å². The van der Waals surface area contributed by atoms with Gasteiger partial charge in [-0.15, -0.1) is 0 Å². The molecule has 0 aromatic carbocycles. The highest BCUT2D eigenvalue weighted by Gasteiger charge is 2.01. The predicted molar refractivity (Wildman–Crippen MR) is 51.8 cm³/mol. The van der Waals surface area contributed by atoms with Crippen molar-refractivity contribution in [1.29, 1.82) is 0 Å². The average Bonchev–Trinajstić information content (AvgIpc) is 2.50. The molecule has 4 nitrogen and oxygen atoms in total. The van der Waals surface area contributed by atoms with Crippen LogP contribution in [0.25, 0.3) is 0 Å². The van der Waals surface area contributed by atoms with E-state index >= 15 is 0 Å². The number of nitrogen functional groups attached to an aromatic ring is 1. The molecule has 0 aliphatic carbocycles. The summed E-state index contributed by atoms with van der Waals surface area (Å²) in [6.45, 7) is 0.144. The Balaban J connectivity index is 2.04. The molecule has 1 rings (SSSR count). The van der Waals surface area contributed by atoms with E-state index in [1.54, 1.807) is 0 Å². The molecule has 1 aromatic rings. The van der Waals surface area contributed by atoms with Crippen molar-refractivity contribution < 1.29 is 13.5 Å². The van der Waals surface area contributed by atoms with E-state index in [1.165, 1.54) is 17.5 Å². The maximum Gasteiger partial charge on any atom is 0.261 e. The number of nitrogens with one attached hydrogen (secondary N) is 1. The first-order valence-electron chi connectivity index (χ1n) is 3.99. The first-order chi connectivity index (χ1) is 6.68. The lowest BCUT2D eigenvalue weighted by molar-refractivity contribution is 0.0215. The summed E-state index contributed by atoms with van der Waals surface area (Å²) in [6, 6.07) is 0. The smallest absolute Gasteiger partial charge is 0.261 e. The van der Waals surface area contributed by atoms with Gasteiger partial charge in [-0.3, -0.25) is 0 Å². The SMILES string of the molecule is Nc1cnc(NCCOCC(F)F)s1. The third-order valence-electron chi connectivity index (χ3n) is 1.29. The maximum atomic E-state index is 11.6. The third-order valence-corrected chi connectivity index (χ3v) is 2.07. The number of hydrogen-bond donors (Lipinski definition) is 2. The first-order valence-corrected chi connectivity index (χ1v) is 4.81. The Bertz CT molecular complexity index is 269. The van der Waals surface area contributed by atoms with Gasteiger partial charge in [0.15, 0.2) is 5.13 Å². The fraction of sp³-hybridized carbons (Fsp3) is 0.571. The van der Waals surface area contributed by atoms with Gasteiger partial charge < -0.3 is 15.8 Å². The number of ether oxygens (including phenoxy) is 1. The van der Waals surface area contributed by atoms with Crippen LogP contribution >= 0.6 is 11.3 Å². The first kappa shape index (κ1) is 11.1. The van der Waals surface area contributed by atoms with Crippen molar-refractivity contribution in [2.24, 2.45) is 0 Å². The van der Waals surface area contributed by atoms with Crippen LogP contribution in [0.2, 0.25) is 0 Å². The van der Waals surface area contributed by atoms with Crippen molar-refractivity contribution in [2.75, 3.05) is 30.8 Å². The number of aromatic nitrogens is 1. The van der Waals surface area contributed by atoms with Crippen molar-refractivity contribution in [3.05, 3.63) is 6.20 Å². The highest BCUT2D eigenvalue weighted by Crippen LogP contribution is 2.18. The van der Waals surface area contributed by atoms with Crippen LogP contribution in [0, 0.1) is 0 Å². The summed E-state index contributed by atoms with van der Waals surface area (Å²) < 4.78 is 27.9. The lowest BCUT2D eigenvalue weighted by Gasteiger charge is -2.03. The number of alkyl halides is 2. The summed E-state index contributed by atoms with van der Waals surface area (Å²) in [6.07, 6.45) is -0.877. The second-order valence-corrected chi connectivity index (χ2v) is 3.52. The summed E-state index contributed by atoms with van der Waals surface area (Å²) in [5.74, 6) is 0. The van der Waals surface area contributed by atoms with Crippen molar-refractivity contribution in [1.82, 2.24) is 4.98 Å². The van der Waals surface area contributed by atoms with E-state index in [0.717, 1.165) is 0 Å². The van der Waals surface area contributed by atoms with E-state index < -0.39 is 13.0 Å². The summed E-state index contributed by atoms with van der Waals surface area (Å²) in [7, 11) is 0. The zero-order chi connectivity index (χ0) is 10.4. The molecule has 80 valence electrons. The van der Waals surface area contributed by atoms with Crippen LogP contribution in [-0.2, 0) is 4.74 Å². The van der Waals surface area contributed by atoms with Gasteiger partial charge in [0.2, 0.25) is 0 Å². The van der Waals surface area contributed by atoms with Gasteiger partial charge in [-0.2, -0.15) is 0 Å². The van der Waals surface area contributed by atoms with Crippen LogP contribution in [0.5, 0.6) is 0 Å². The van der Waals surface area contributed by atoms with Crippen LogP contribution in [0.1, 0.15) is 0 Å². The number of nitrogens with two attached hydrogens (primary N) is 1. The van der Waals surface area contributed by atoms with Gasteiger partial charge in [0.25, 0.3) is 6.43 Å². The lowest BCUT2D eigenvalue weighted by atomic mass is 10.6. The van der Waals surface area contributed by atoms with E-state index in [9.17, 15) is 8.78 Å². The molecule has 0 aliphatic heterocycles. The van der Waals surface area contributed by atoms with Crippen molar-refractivity contribution in [3.8, 4) is 0 Å². The second kappa shape index (κ2) is 5.71. The molecule has 0 unspecified atom stereocenters. The Morgan fingerprint density at radius 1 is 1.64 bits per heavy atom. The molecule has 1 aromatic heterocycles. The van der Waals surface area contributed by atoms with Gasteiger partial charge in [0.05, 0.1) is 12.8 Å². The summed E-state index contributed by atoms with van der Waals surface area (Å²) in [4.78, 5) is 3.93. The molecule has 0 spiro atoms. The molecule has 14 heavy (non-hydrogen) atoms. The number of hydrogen-bond acceptors (Lipinski definition) is 5. The van der Waals surface area contributed by atoms with Crippen LogP contribution in [0.15, 0.2) is 6.20 Å². The number of nitrogens with zero attached hydrogens (tertiary/aromatic N) is 1. The zero-order valence-electron chi connectivity index (χ0n) is 7.37. The highest BCUT2D eigenvalue weighted by molar-refractivity contribution is 7.19. The Kier molecular flexibility index (Phi) is 4.54. The minimum Gasteiger partial charge on any atom is -0.389 e. The highest BCUT2D eigenvalue weighted by atomic mass is 32.1. The topological polar surface area (TPSA) is 60.2 Å². The molecule has 0 atom stereocenters. The number of halogens is 2. The lowest BCUT2D eigenvalue weighted by Crippen LogP contribution is -2.12. The van der Waals surface area contributed by atoms with E-state index in [-0.39, 0.29) is 6.61 Å². The largest absolute Gasteiger partial charge is 0.389 e. The molecular weight excluding hydrogens is 212 g/mol. The van der Waals surface area contributed by atoms with Crippen LogP contribution in [-0.4, -0.2) is 31.2 Å². The van der Waals surface area contributed by atoms with Crippen LogP contribution in [0.4, 0.5) is 18.9 Å². The summed E-state index contributed by atoms with van der Waals surface area (Å²) in [5, 5.41) is 4.18. The molecule has 0 amide bonds. The number of rotatable bonds is 6. The molecule has 0 radical (unpaired) electrons. The predicted octanol–water partition coefficient (Wildman–Crippen LogP) is 1.42. The van der Waals surface area contributed by atoms with Gasteiger partial charge in [-0.1, -0.05) is 11.3 Å². The minimum atomic E-state index is -2.41. The van der Waals surface area contributed by atoms with Crippen LogP contribution in [0.3, 0.4) is 0 Å². The van der Waals surface area contributed by atoms with Gasteiger partial charge in [-0.25, -0.2) is 13.8 Å². The molecule has 7 heteroatoms. The normalized spacial score (nSPS) is 10.8. The van der Waals surface area contributed by atoms with Gasteiger partial charge >= 0.3 is 0 Å². The molecule has 0 fully saturated rings. The van der Waals surface area contributed by atoms with Crippen molar-refractivity contribution in [3.63, 3.8) is 0 Å². The maximum absolute atomic E-state index is 11.6. The molecule has 3 N–H and O–H groups in total. The Morgan fingerprint density at radius 3 is 3.00 bits per heavy atom. The number of anilines is 2. The summed E-state index contributed by atoms with van der Waals surface area (Å²) in [5.41, 5.74) is 5.43. The van der Waals surface area contributed by atoms with E-state index in [1.807, 2.05) is 0 Å². The fourth-order valence-electron chi connectivity index (χ4n) is 0.771. The second-order valence-electron chi connectivity index (χ2n) is 2.46. The summed E-state index contributed by atoms with van der Waals surface area (Å²) >= 11 is 1.30. The standard InChI is InChI=1S/C7H11F2N3OS/c8-5(9)4-13-2-1-11-7-12-3-6(10)14-7/h3,5H,1-2,4,10H2,(H,11,12). The third kappa shape index (κ3) is 4.33. The fourth-order valence-corrected chi connectivity index (χ4v) is 1.38. The minimum absolute atomic E-state index is 0.226. The molecule has 0 aliphatic rings. The quantitative estimate of drug-likeness (QED) is 0.716. The van der Waals surface area contributed by atoms with E-state index in [2.05, 4.69) is 15.0 Å². The van der Waals surface area contributed by atoms with E-state index in [0.29, 0.717) is 16.7 Å². The molecule has 0 saturated carbocycles. The molecule has 0 saturated heterocycles. The zero-order valence-corrected chi connectivity index (χ0v) is 8.19. The average molecular weight is 223 g/mol. The Morgan fingerprint density at radius 2 is 2.43 bits per heavy atom. The van der Waals surface area contributed by atoms with Gasteiger partial charge in [-0.05, 0) is 0 Å². The molecule has 0 bridgehead atoms. The van der Waals surface area contributed by atoms with E-state index in [4.69, 9.17) is 5.73 Å². The van der Waals surface area contributed by atoms with Gasteiger partial charge in [0.1, 0.15) is 11.6 Å². The Hall–Kier alpha value is -0.950. The molecule has 1 heterocycles. The monoisotopic (exact) mass is 223 g/mol.